The third-order valence-electron chi connectivity index (χ3n) is 7.52. The van der Waals surface area contributed by atoms with Crippen LogP contribution < -0.4 is 5.32 Å². The van der Waals surface area contributed by atoms with E-state index in [0.717, 1.165) is 44.1 Å². The Morgan fingerprint density at radius 3 is 2.40 bits per heavy atom. The van der Waals surface area contributed by atoms with Crippen molar-refractivity contribution in [3.05, 3.63) is 118 Å². The molecule has 0 aliphatic heterocycles. The summed E-state index contributed by atoms with van der Waals surface area (Å²) in [7, 11) is 0. The second kappa shape index (κ2) is 12.0. The number of rotatable bonds is 8. The van der Waals surface area contributed by atoms with Crippen molar-refractivity contribution in [2.75, 3.05) is 6.61 Å². The van der Waals surface area contributed by atoms with Crippen LogP contribution in [0.25, 0.3) is 22.3 Å². The third kappa shape index (κ3) is 5.41. The van der Waals surface area contributed by atoms with Crippen LogP contribution >= 0.6 is 23.4 Å². The molecule has 0 unspecified atom stereocenters. The predicted octanol–water partition coefficient (Wildman–Crippen LogP) is 7.42. The molecule has 2 aromatic heterocycles. The van der Waals surface area contributed by atoms with E-state index >= 15 is 0 Å². The minimum Gasteiger partial charge on any atom is -0.449 e. The summed E-state index contributed by atoms with van der Waals surface area (Å²) in [6.45, 7) is 4.16. The van der Waals surface area contributed by atoms with Gasteiger partial charge in [-0.1, -0.05) is 78.0 Å². The van der Waals surface area contributed by atoms with Gasteiger partial charge in [0.15, 0.2) is 0 Å². The maximum atomic E-state index is 13.0. The maximum Gasteiger partial charge on any atom is 0.407 e. The van der Waals surface area contributed by atoms with Crippen LogP contribution in [0.1, 0.15) is 39.6 Å². The lowest BCUT2D eigenvalue weighted by Crippen LogP contribution is -2.26. The van der Waals surface area contributed by atoms with Gasteiger partial charge in [-0.15, -0.1) is 0 Å². The van der Waals surface area contributed by atoms with Crippen molar-refractivity contribution in [3.8, 4) is 22.3 Å². The number of hydrogen-bond donors (Lipinski definition) is 3. The van der Waals surface area contributed by atoms with Crippen LogP contribution in [0.5, 0.6) is 0 Å². The quantitative estimate of drug-likeness (QED) is 0.172. The summed E-state index contributed by atoms with van der Waals surface area (Å²) in [5.41, 5.74) is 9.79. The van der Waals surface area contributed by atoms with Crippen molar-refractivity contribution < 1.29 is 14.6 Å². The van der Waals surface area contributed by atoms with Gasteiger partial charge in [-0.3, -0.25) is 5.10 Å². The zero-order valence-electron chi connectivity index (χ0n) is 23.1. The Balaban J connectivity index is 1.24. The number of benzene rings is 3. The van der Waals surface area contributed by atoms with E-state index in [1.54, 1.807) is 12.3 Å². The highest BCUT2D eigenvalue weighted by atomic mass is 35.5. The number of aryl methyl sites for hydroxylation is 2. The van der Waals surface area contributed by atoms with Crippen molar-refractivity contribution in [1.29, 1.82) is 0 Å². The fourth-order valence-electron chi connectivity index (χ4n) is 5.57. The van der Waals surface area contributed by atoms with E-state index in [9.17, 15) is 9.90 Å². The van der Waals surface area contributed by atoms with Crippen molar-refractivity contribution >= 4 is 29.5 Å². The van der Waals surface area contributed by atoms with Crippen molar-refractivity contribution in [2.45, 2.75) is 42.8 Å². The smallest absolute Gasteiger partial charge is 0.407 e. The Hall–Kier alpha value is -4.11. The number of aliphatic hydroxyl groups is 1. The molecule has 1 amide bonds. The van der Waals surface area contributed by atoms with E-state index in [2.05, 4.69) is 44.8 Å². The van der Waals surface area contributed by atoms with Crippen LogP contribution in [0.4, 0.5) is 4.79 Å². The van der Waals surface area contributed by atoms with Gasteiger partial charge in [0.05, 0.1) is 17.3 Å². The number of aromatic amines is 1. The summed E-state index contributed by atoms with van der Waals surface area (Å²) in [6.07, 6.45) is 1.16. The van der Waals surface area contributed by atoms with Gasteiger partial charge in [0.2, 0.25) is 0 Å². The lowest BCUT2D eigenvalue weighted by molar-refractivity contribution is 0.142. The summed E-state index contributed by atoms with van der Waals surface area (Å²) >= 11 is 8.23. The molecule has 1 aliphatic rings. The first kappa shape index (κ1) is 28.0. The molecule has 0 atom stereocenters. The number of aromatic nitrogens is 3. The van der Waals surface area contributed by atoms with E-state index in [-0.39, 0.29) is 25.7 Å². The molecule has 0 fully saturated rings. The molecule has 0 saturated heterocycles. The first-order chi connectivity index (χ1) is 20.4. The first-order valence-electron chi connectivity index (χ1n) is 13.6. The SMILES string of the molecule is Cc1n[nH]c(C)c1-c1cc(Cl)c(Sc2ncccc2CO)c(CNC(=O)OCC2c3ccccc3-c3ccccc32)c1. The number of carbonyl (C=O) groups is 1. The lowest BCUT2D eigenvalue weighted by Gasteiger charge is -2.17. The summed E-state index contributed by atoms with van der Waals surface area (Å²) in [5.74, 6) is -0.0276. The van der Waals surface area contributed by atoms with E-state index in [4.69, 9.17) is 16.3 Å². The molecular formula is C33H29ClN4O3S. The number of alkyl carbamates (subject to hydrolysis) is 1. The number of nitrogens with one attached hydrogen (secondary N) is 2. The molecule has 7 nitrogen and oxygen atoms in total. The highest BCUT2D eigenvalue weighted by molar-refractivity contribution is 7.99. The van der Waals surface area contributed by atoms with Gasteiger partial charge in [-0.05, 0) is 65.4 Å². The summed E-state index contributed by atoms with van der Waals surface area (Å²) in [4.78, 5) is 18.2. The number of ether oxygens (including phenoxy) is 1. The molecule has 9 heteroatoms. The van der Waals surface area contributed by atoms with Gasteiger partial charge < -0.3 is 15.2 Å². The Bertz CT molecular complexity index is 1720. The topological polar surface area (TPSA) is 100 Å². The molecular weight excluding hydrogens is 568 g/mol. The predicted molar refractivity (Wildman–Crippen MR) is 165 cm³/mol. The van der Waals surface area contributed by atoms with Gasteiger partial charge in [0.25, 0.3) is 0 Å². The molecule has 0 spiro atoms. The molecule has 2 heterocycles. The number of H-pyrrole nitrogens is 1. The molecule has 212 valence electrons. The van der Waals surface area contributed by atoms with Crippen LogP contribution in [-0.4, -0.2) is 33.0 Å². The van der Waals surface area contributed by atoms with Crippen LogP contribution in [0.2, 0.25) is 5.02 Å². The number of pyridine rings is 1. The van der Waals surface area contributed by atoms with Crippen molar-refractivity contribution in [3.63, 3.8) is 0 Å². The molecule has 0 bridgehead atoms. The molecule has 42 heavy (non-hydrogen) atoms. The van der Waals surface area contributed by atoms with Crippen LogP contribution in [-0.2, 0) is 17.9 Å². The fraction of sp³-hybridized carbons (Fsp3) is 0.182. The number of nitrogens with zero attached hydrogens (tertiary/aromatic N) is 2. The Labute approximate surface area is 253 Å². The molecule has 5 aromatic rings. The fourth-order valence-corrected chi connectivity index (χ4v) is 6.91. The molecule has 0 radical (unpaired) electrons. The molecule has 1 aliphatic carbocycles. The van der Waals surface area contributed by atoms with Gasteiger partial charge in [0.1, 0.15) is 11.6 Å². The number of carbonyl (C=O) groups excluding carboxylic acids is 1. The average molecular weight is 597 g/mol. The van der Waals surface area contributed by atoms with Gasteiger partial charge in [-0.25, -0.2) is 9.78 Å². The van der Waals surface area contributed by atoms with Gasteiger partial charge in [-0.2, -0.15) is 5.10 Å². The van der Waals surface area contributed by atoms with Crippen LogP contribution in [0, 0.1) is 13.8 Å². The maximum absolute atomic E-state index is 13.0. The normalized spacial score (nSPS) is 12.2. The van der Waals surface area contributed by atoms with Crippen LogP contribution in [0.15, 0.2) is 88.9 Å². The largest absolute Gasteiger partial charge is 0.449 e. The number of halogens is 1. The molecule has 0 saturated carbocycles. The van der Waals surface area contributed by atoms with Crippen molar-refractivity contribution in [1.82, 2.24) is 20.5 Å². The second-order valence-electron chi connectivity index (χ2n) is 10.2. The third-order valence-corrected chi connectivity index (χ3v) is 9.18. The number of amides is 1. The lowest BCUT2D eigenvalue weighted by atomic mass is 9.98. The molecule has 3 N–H and O–H groups in total. The number of aliphatic hydroxyl groups excluding tert-OH is 1. The van der Waals surface area contributed by atoms with E-state index in [1.165, 1.54) is 22.9 Å². The zero-order valence-corrected chi connectivity index (χ0v) is 24.7. The summed E-state index contributed by atoms with van der Waals surface area (Å²) < 4.78 is 5.78. The van der Waals surface area contributed by atoms with E-state index in [0.29, 0.717) is 15.6 Å². The number of fused-ring (bicyclic) bond motifs is 3. The highest BCUT2D eigenvalue weighted by Gasteiger charge is 2.29. The van der Waals surface area contributed by atoms with E-state index in [1.807, 2.05) is 56.3 Å². The standard InChI is InChI=1S/C33H29ClN4O3S/c1-19-30(20(2)38-37-19)22-14-23(31(29(34)15-22)42-32-21(17-39)8-7-13-35-32)16-36-33(40)41-18-28-26-11-5-3-9-24(26)25-10-4-6-12-27(25)28/h3-15,28,39H,16-18H2,1-2H3,(H,36,40)(H,37,38). The van der Waals surface area contributed by atoms with Gasteiger partial charge in [0, 0.05) is 40.4 Å². The zero-order chi connectivity index (χ0) is 29.2. The minimum atomic E-state index is -0.515. The van der Waals surface area contributed by atoms with Gasteiger partial charge >= 0.3 is 6.09 Å². The Morgan fingerprint density at radius 2 is 1.74 bits per heavy atom. The Kier molecular flexibility index (Phi) is 8.02. The summed E-state index contributed by atoms with van der Waals surface area (Å²) in [5, 5.41) is 21.3. The molecule has 3 aromatic carbocycles. The first-order valence-corrected chi connectivity index (χ1v) is 14.8. The van der Waals surface area contributed by atoms with Crippen molar-refractivity contribution in [2.24, 2.45) is 0 Å². The Morgan fingerprint density at radius 1 is 1.02 bits per heavy atom. The minimum absolute atomic E-state index is 0.0276. The monoisotopic (exact) mass is 596 g/mol. The second-order valence-corrected chi connectivity index (χ2v) is 11.6. The molecule has 6 rings (SSSR count). The average Bonchev–Trinajstić information content (AvgIpc) is 3.52. The van der Waals surface area contributed by atoms with Crippen LogP contribution in [0.3, 0.4) is 0 Å². The summed E-state index contributed by atoms with van der Waals surface area (Å²) in [6, 6.07) is 24.0. The number of hydrogen-bond acceptors (Lipinski definition) is 6. The van der Waals surface area contributed by atoms with E-state index < -0.39 is 6.09 Å². The highest BCUT2D eigenvalue weighted by Crippen LogP contribution is 2.45.